The number of amides is 1. The Hall–Kier alpha value is -3.95. The molecule has 0 atom stereocenters. The average molecular weight is 680 g/mol. The van der Waals surface area contributed by atoms with E-state index >= 15 is 0 Å². The number of para-hydroxylation sites is 1. The molecule has 7 nitrogen and oxygen atoms in total. The van der Waals surface area contributed by atoms with Crippen molar-refractivity contribution in [2.24, 2.45) is 0 Å². The Bertz CT molecular complexity index is 1650. The third-order valence-corrected chi connectivity index (χ3v) is 10.1. The highest BCUT2D eigenvalue weighted by molar-refractivity contribution is 7.07. The van der Waals surface area contributed by atoms with Crippen LogP contribution in [0.1, 0.15) is 55.7 Å². The molecule has 49 heavy (non-hydrogen) atoms. The molecular formula is C41H49N3O4S. The third-order valence-electron chi connectivity index (χ3n) is 9.38. The summed E-state index contributed by atoms with van der Waals surface area (Å²) in [5, 5.41) is 7.49. The standard InChI is InChI=1S/C37H41N3O3S.C4H8O/c1-3-43-36-7-5-4-6-34(36)29-10-13-35-31(22-29)23-30(14-18-40(35)25-28-17-21-44-26-28)37(41)38-32-11-8-27(9-12-32)24-39(2)33-15-19-42-20-16-33;1-2-4-5-3-1/h4-13,17,21-23,26,33H,3,14-16,18-20,24-25H2,1-2H3,(H,38,41);1-4H2. The number of carbonyl (C=O) groups is 1. The van der Waals surface area contributed by atoms with Crippen LogP contribution in [-0.2, 0) is 27.4 Å². The van der Waals surface area contributed by atoms with Gasteiger partial charge in [0.2, 0.25) is 0 Å². The number of nitrogens with one attached hydrogen (secondary N) is 1. The summed E-state index contributed by atoms with van der Waals surface area (Å²) in [4.78, 5) is 18.5. The van der Waals surface area contributed by atoms with E-state index in [9.17, 15) is 4.79 Å². The predicted molar refractivity (Wildman–Crippen MR) is 201 cm³/mol. The van der Waals surface area contributed by atoms with Crippen LogP contribution in [0.2, 0.25) is 0 Å². The average Bonchev–Trinajstić information content (AvgIpc) is 3.87. The Morgan fingerprint density at radius 1 is 0.959 bits per heavy atom. The van der Waals surface area contributed by atoms with E-state index in [-0.39, 0.29) is 5.91 Å². The zero-order valence-corrected chi connectivity index (χ0v) is 29.7. The fraction of sp³-hybridized carbons (Fsp3) is 0.390. The fourth-order valence-electron chi connectivity index (χ4n) is 6.65. The summed E-state index contributed by atoms with van der Waals surface area (Å²) in [6.45, 7) is 8.74. The SMILES string of the molecule is C1CCOC1.CCOc1ccccc1-c1ccc2c(c1)C=C(C(=O)Nc1ccc(CN(C)C3CCOCC3)cc1)CCN2Cc1ccsc1. The number of hydrogen-bond acceptors (Lipinski definition) is 7. The molecule has 0 saturated carbocycles. The molecule has 4 aromatic rings. The molecule has 0 aliphatic carbocycles. The van der Waals surface area contributed by atoms with Crippen molar-refractivity contribution in [3.63, 3.8) is 0 Å². The molecule has 2 fully saturated rings. The quantitative estimate of drug-likeness (QED) is 0.181. The van der Waals surface area contributed by atoms with Crippen LogP contribution in [0.5, 0.6) is 5.75 Å². The summed E-state index contributed by atoms with van der Waals surface area (Å²) < 4.78 is 16.4. The smallest absolute Gasteiger partial charge is 0.251 e. The van der Waals surface area contributed by atoms with Crippen LogP contribution in [0.25, 0.3) is 17.2 Å². The number of thiophene rings is 1. The highest BCUT2D eigenvalue weighted by atomic mass is 32.1. The minimum Gasteiger partial charge on any atom is -0.493 e. The summed E-state index contributed by atoms with van der Waals surface area (Å²) in [6.07, 6.45) is 7.44. The van der Waals surface area contributed by atoms with Gasteiger partial charge in [-0.05, 0) is 122 Å². The van der Waals surface area contributed by atoms with Crippen molar-refractivity contribution in [3.8, 4) is 16.9 Å². The molecule has 0 unspecified atom stereocenters. The molecule has 0 radical (unpaired) electrons. The van der Waals surface area contributed by atoms with E-state index in [1.54, 1.807) is 11.3 Å². The molecule has 3 aliphatic heterocycles. The second-order valence-corrected chi connectivity index (χ2v) is 13.7. The number of fused-ring (bicyclic) bond motifs is 1. The molecule has 1 N–H and O–H groups in total. The van der Waals surface area contributed by atoms with E-state index in [1.807, 2.05) is 37.3 Å². The summed E-state index contributed by atoms with van der Waals surface area (Å²) >= 11 is 1.71. The second-order valence-electron chi connectivity index (χ2n) is 12.9. The van der Waals surface area contributed by atoms with E-state index < -0.39 is 0 Å². The van der Waals surface area contributed by atoms with Crippen LogP contribution in [0.15, 0.2) is 89.1 Å². The van der Waals surface area contributed by atoms with Crippen molar-refractivity contribution in [2.75, 3.05) is 56.8 Å². The van der Waals surface area contributed by atoms with Gasteiger partial charge in [0.25, 0.3) is 5.91 Å². The van der Waals surface area contributed by atoms with E-state index in [0.717, 1.165) is 98.3 Å². The van der Waals surface area contributed by atoms with Crippen LogP contribution in [-0.4, -0.2) is 63.5 Å². The molecule has 0 spiro atoms. The van der Waals surface area contributed by atoms with Gasteiger partial charge >= 0.3 is 0 Å². The molecule has 8 heteroatoms. The van der Waals surface area contributed by atoms with Gasteiger partial charge < -0.3 is 24.4 Å². The number of carbonyl (C=O) groups excluding carboxylic acids is 1. The van der Waals surface area contributed by atoms with Gasteiger partial charge in [-0.25, -0.2) is 0 Å². The van der Waals surface area contributed by atoms with Crippen LogP contribution in [0.3, 0.4) is 0 Å². The van der Waals surface area contributed by atoms with E-state index in [1.165, 1.54) is 24.0 Å². The van der Waals surface area contributed by atoms with Crippen LogP contribution in [0.4, 0.5) is 11.4 Å². The van der Waals surface area contributed by atoms with Crippen LogP contribution >= 0.6 is 11.3 Å². The van der Waals surface area contributed by atoms with Gasteiger partial charge in [-0.15, -0.1) is 0 Å². The van der Waals surface area contributed by atoms with Gasteiger partial charge in [-0.2, -0.15) is 11.3 Å². The number of anilines is 2. The largest absolute Gasteiger partial charge is 0.493 e. The third kappa shape index (κ3) is 9.61. The molecule has 1 aromatic heterocycles. The minimum atomic E-state index is -0.0551. The first-order valence-electron chi connectivity index (χ1n) is 17.7. The van der Waals surface area contributed by atoms with Crippen molar-refractivity contribution < 1.29 is 19.0 Å². The molecule has 7 rings (SSSR count). The summed E-state index contributed by atoms with van der Waals surface area (Å²) in [5.74, 6) is 0.809. The van der Waals surface area contributed by atoms with Gasteiger partial charge in [-0.3, -0.25) is 9.69 Å². The minimum absolute atomic E-state index is 0.0551. The van der Waals surface area contributed by atoms with Crippen molar-refractivity contribution in [2.45, 2.75) is 58.2 Å². The van der Waals surface area contributed by atoms with Crippen molar-refractivity contribution in [1.82, 2.24) is 4.90 Å². The normalized spacial score (nSPS) is 16.3. The number of rotatable bonds is 10. The van der Waals surface area contributed by atoms with Crippen LogP contribution < -0.4 is 15.0 Å². The van der Waals surface area contributed by atoms with E-state index in [0.29, 0.717) is 19.1 Å². The first-order valence-corrected chi connectivity index (χ1v) is 18.6. The maximum atomic E-state index is 13.7. The van der Waals surface area contributed by atoms with Crippen molar-refractivity contribution >= 4 is 34.7 Å². The lowest BCUT2D eigenvalue weighted by atomic mass is 9.99. The van der Waals surface area contributed by atoms with Gasteiger partial charge in [-0.1, -0.05) is 36.4 Å². The molecule has 2 saturated heterocycles. The van der Waals surface area contributed by atoms with E-state index in [4.69, 9.17) is 14.2 Å². The molecule has 4 heterocycles. The molecule has 3 aliphatic rings. The van der Waals surface area contributed by atoms with Gasteiger partial charge in [0.1, 0.15) is 5.75 Å². The molecule has 3 aromatic carbocycles. The Labute approximate surface area is 295 Å². The molecule has 0 bridgehead atoms. The Balaban J connectivity index is 0.000000765. The van der Waals surface area contributed by atoms with E-state index in [2.05, 4.69) is 81.5 Å². The van der Waals surface area contributed by atoms with Gasteiger partial charge in [0, 0.05) is 74.6 Å². The number of benzene rings is 3. The lowest BCUT2D eigenvalue weighted by Crippen LogP contribution is -2.36. The summed E-state index contributed by atoms with van der Waals surface area (Å²) in [7, 11) is 2.19. The zero-order chi connectivity index (χ0) is 33.8. The summed E-state index contributed by atoms with van der Waals surface area (Å²) in [5.41, 5.74) is 8.40. The van der Waals surface area contributed by atoms with Gasteiger partial charge in [0.05, 0.1) is 6.61 Å². The van der Waals surface area contributed by atoms with Gasteiger partial charge in [0.15, 0.2) is 0 Å². The first-order chi connectivity index (χ1) is 24.1. The lowest BCUT2D eigenvalue weighted by molar-refractivity contribution is -0.112. The Morgan fingerprint density at radius 2 is 1.73 bits per heavy atom. The lowest BCUT2D eigenvalue weighted by Gasteiger charge is -2.31. The molecule has 258 valence electrons. The topological polar surface area (TPSA) is 63.3 Å². The Kier molecular flexibility index (Phi) is 12.6. The van der Waals surface area contributed by atoms with Crippen LogP contribution in [0, 0.1) is 0 Å². The highest BCUT2D eigenvalue weighted by Gasteiger charge is 2.22. The maximum Gasteiger partial charge on any atom is 0.251 e. The van der Waals surface area contributed by atoms with Crippen molar-refractivity contribution in [3.05, 3.63) is 106 Å². The number of nitrogens with zero attached hydrogens (tertiary/aromatic N) is 2. The summed E-state index contributed by atoms with van der Waals surface area (Å²) in [6, 6.07) is 25.7. The zero-order valence-electron chi connectivity index (χ0n) is 28.9. The second kappa shape index (κ2) is 17.6. The molecule has 1 amide bonds. The monoisotopic (exact) mass is 679 g/mol. The maximum absolute atomic E-state index is 13.7. The highest BCUT2D eigenvalue weighted by Crippen LogP contribution is 2.36. The molecular weight excluding hydrogens is 631 g/mol. The number of ether oxygens (including phenoxy) is 3. The number of hydrogen-bond donors (Lipinski definition) is 1. The first kappa shape index (κ1) is 34.9. The fourth-order valence-corrected chi connectivity index (χ4v) is 7.31. The van der Waals surface area contributed by atoms with Crippen molar-refractivity contribution in [1.29, 1.82) is 0 Å². The Morgan fingerprint density at radius 3 is 2.45 bits per heavy atom. The predicted octanol–water partition coefficient (Wildman–Crippen LogP) is 8.65.